The van der Waals surface area contributed by atoms with E-state index in [9.17, 15) is 13.5 Å². The molecule has 0 radical (unpaired) electrons. The van der Waals surface area contributed by atoms with Crippen molar-refractivity contribution in [3.63, 3.8) is 0 Å². The van der Waals surface area contributed by atoms with E-state index in [1.54, 1.807) is 20.8 Å². The molecule has 0 bridgehead atoms. The third-order valence-electron chi connectivity index (χ3n) is 3.36. The Balaban J connectivity index is 2.50. The van der Waals surface area contributed by atoms with Crippen molar-refractivity contribution in [1.82, 2.24) is 4.31 Å². The van der Waals surface area contributed by atoms with Gasteiger partial charge in [-0.15, -0.1) is 0 Å². The number of rotatable bonds is 3. The van der Waals surface area contributed by atoms with Crippen LogP contribution in [0.1, 0.15) is 24.0 Å². The van der Waals surface area contributed by atoms with Crippen LogP contribution >= 0.6 is 0 Å². The first kappa shape index (κ1) is 14.5. The van der Waals surface area contributed by atoms with E-state index in [4.69, 9.17) is 9.15 Å². The zero-order chi connectivity index (χ0) is 14.2. The molecule has 0 amide bonds. The molecule has 6 nitrogen and oxygen atoms in total. The van der Waals surface area contributed by atoms with Crippen molar-refractivity contribution in [2.75, 3.05) is 19.8 Å². The molecule has 2 heterocycles. The Morgan fingerprint density at radius 3 is 2.63 bits per heavy atom. The quantitative estimate of drug-likeness (QED) is 0.890. The van der Waals surface area contributed by atoms with E-state index in [2.05, 4.69) is 0 Å². The molecule has 0 spiro atoms. The topological polar surface area (TPSA) is 80.0 Å². The van der Waals surface area contributed by atoms with Gasteiger partial charge >= 0.3 is 0 Å². The van der Waals surface area contributed by atoms with Crippen LogP contribution in [0.4, 0.5) is 0 Å². The third kappa shape index (κ3) is 2.43. The molecule has 1 aliphatic heterocycles. The van der Waals surface area contributed by atoms with Gasteiger partial charge in [0.1, 0.15) is 16.4 Å². The summed E-state index contributed by atoms with van der Waals surface area (Å²) >= 11 is 0. The van der Waals surface area contributed by atoms with Gasteiger partial charge in [0.2, 0.25) is 10.0 Å². The molecule has 0 aromatic carbocycles. The van der Waals surface area contributed by atoms with E-state index in [-0.39, 0.29) is 17.5 Å². The Morgan fingerprint density at radius 2 is 2.05 bits per heavy atom. The standard InChI is InChI=1S/C12H19NO5S/c1-8-7-17-5-4-13(8)19(15,16)12-10(3)18-9(2)11(12)6-14/h8,14H,4-7H2,1-3H3. The average Bonchev–Trinajstić information content (AvgIpc) is 2.64. The van der Waals surface area contributed by atoms with E-state index in [1.165, 1.54) is 4.31 Å². The van der Waals surface area contributed by atoms with Crippen LogP contribution in [0.3, 0.4) is 0 Å². The summed E-state index contributed by atoms with van der Waals surface area (Å²) in [7, 11) is -3.66. The zero-order valence-electron chi connectivity index (χ0n) is 11.3. The molecular formula is C12H19NO5S. The minimum atomic E-state index is -3.66. The molecule has 1 fully saturated rings. The third-order valence-corrected chi connectivity index (χ3v) is 5.57. The molecule has 19 heavy (non-hydrogen) atoms. The van der Waals surface area contributed by atoms with Gasteiger partial charge in [0.15, 0.2) is 0 Å². The lowest BCUT2D eigenvalue weighted by molar-refractivity contribution is 0.0392. The van der Waals surface area contributed by atoms with Gasteiger partial charge in [0.25, 0.3) is 0 Å². The van der Waals surface area contributed by atoms with Gasteiger partial charge in [-0.25, -0.2) is 8.42 Å². The largest absolute Gasteiger partial charge is 0.465 e. The van der Waals surface area contributed by atoms with Crippen molar-refractivity contribution in [2.24, 2.45) is 0 Å². The second-order valence-corrected chi connectivity index (χ2v) is 6.55. The van der Waals surface area contributed by atoms with Gasteiger partial charge in [0.05, 0.1) is 19.8 Å². The van der Waals surface area contributed by atoms with Crippen molar-refractivity contribution < 1.29 is 22.7 Å². The number of furan rings is 1. The lowest BCUT2D eigenvalue weighted by atomic mass is 10.2. The van der Waals surface area contributed by atoms with E-state index in [1.807, 2.05) is 0 Å². The molecular weight excluding hydrogens is 270 g/mol. The summed E-state index contributed by atoms with van der Waals surface area (Å²) in [6.07, 6.45) is 0. The average molecular weight is 289 g/mol. The fraction of sp³-hybridized carbons (Fsp3) is 0.667. The number of aryl methyl sites for hydroxylation is 2. The molecule has 108 valence electrons. The highest BCUT2D eigenvalue weighted by molar-refractivity contribution is 7.89. The first-order chi connectivity index (χ1) is 8.89. The van der Waals surface area contributed by atoms with Crippen molar-refractivity contribution in [2.45, 2.75) is 38.3 Å². The fourth-order valence-electron chi connectivity index (χ4n) is 2.42. The molecule has 1 aliphatic rings. The molecule has 1 atom stereocenters. The highest BCUT2D eigenvalue weighted by Crippen LogP contribution is 2.30. The molecule has 0 aliphatic carbocycles. The van der Waals surface area contributed by atoms with Gasteiger partial charge in [-0.1, -0.05) is 0 Å². The van der Waals surface area contributed by atoms with Gasteiger partial charge in [-0.3, -0.25) is 0 Å². The van der Waals surface area contributed by atoms with Crippen LogP contribution in [-0.4, -0.2) is 43.6 Å². The van der Waals surface area contributed by atoms with Crippen molar-refractivity contribution >= 4 is 10.0 Å². The minimum absolute atomic E-state index is 0.0984. The smallest absolute Gasteiger partial charge is 0.247 e. The van der Waals surface area contributed by atoms with Crippen LogP contribution in [0, 0.1) is 13.8 Å². The Hall–Kier alpha value is -0.890. The highest BCUT2D eigenvalue weighted by Gasteiger charge is 2.36. The summed E-state index contributed by atoms with van der Waals surface area (Å²) in [6.45, 7) is 5.79. The maximum atomic E-state index is 12.7. The van der Waals surface area contributed by atoms with Crippen molar-refractivity contribution in [3.05, 3.63) is 17.1 Å². The number of sulfonamides is 1. The molecule has 7 heteroatoms. The number of aliphatic hydroxyl groups is 1. The summed E-state index contributed by atoms with van der Waals surface area (Å²) < 4.78 is 37.4. The van der Waals surface area contributed by atoms with Crippen molar-refractivity contribution in [1.29, 1.82) is 0 Å². The molecule has 1 saturated heterocycles. The maximum Gasteiger partial charge on any atom is 0.247 e. The minimum Gasteiger partial charge on any atom is -0.465 e. The molecule has 1 N–H and O–H groups in total. The first-order valence-corrected chi connectivity index (χ1v) is 7.63. The van der Waals surface area contributed by atoms with Crippen LogP contribution in [0.15, 0.2) is 9.31 Å². The summed E-state index contributed by atoms with van der Waals surface area (Å²) in [5.74, 6) is 0.764. The second-order valence-electron chi connectivity index (χ2n) is 4.72. The summed E-state index contributed by atoms with van der Waals surface area (Å²) in [4.78, 5) is 0.0984. The Kier molecular flexibility index (Phi) is 4.00. The molecule has 1 aromatic rings. The molecule has 2 rings (SSSR count). The SMILES string of the molecule is Cc1oc(C)c(S(=O)(=O)N2CCOCC2C)c1CO. The molecule has 1 aromatic heterocycles. The Morgan fingerprint density at radius 1 is 1.37 bits per heavy atom. The lowest BCUT2D eigenvalue weighted by Crippen LogP contribution is -2.47. The van der Waals surface area contributed by atoms with E-state index in [0.717, 1.165) is 0 Å². The van der Waals surface area contributed by atoms with Gasteiger partial charge in [0, 0.05) is 18.2 Å². The van der Waals surface area contributed by atoms with Crippen LogP contribution in [0.2, 0.25) is 0 Å². The Bertz CT molecular complexity index is 563. The molecule has 1 unspecified atom stereocenters. The first-order valence-electron chi connectivity index (χ1n) is 6.19. The van der Waals surface area contributed by atoms with Crippen LogP contribution in [0.5, 0.6) is 0 Å². The predicted molar refractivity (Wildman–Crippen MR) is 68.3 cm³/mol. The summed E-state index contributed by atoms with van der Waals surface area (Å²) in [5, 5.41) is 9.37. The van der Waals surface area contributed by atoms with E-state index >= 15 is 0 Å². The maximum absolute atomic E-state index is 12.7. The summed E-state index contributed by atoms with van der Waals surface area (Å²) in [6, 6.07) is -0.222. The second kappa shape index (κ2) is 5.24. The van der Waals surface area contributed by atoms with Gasteiger partial charge in [-0.05, 0) is 20.8 Å². The lowest BCUT2D eigenvalue weighted by Gasteiger charge is -2.32. The molecule has 0 saturated carbocycles. The highest BCUT2D eigenvalue weighted by atomic mass is 32.2. The summed E-state index contributed by atoms with van der Waals surface area (Å²) in [5.41, 5.74) is 0.344. The number of morpholine rings is 1. The van der Waals surface area contributed by atoms with Crippen molar-refractivity contribution in [3.8, 4) is 0 Å². The van der Waals surface area contributed by atoms with Gasteiger partial charge < -0.3 is 14.3 Å². The normalized spacial score (nSPS) is 21.8. The predicted octanol–water partition coefficient (Wildman–Crippen LogP) is 0.798. The van der Waals surface area contributed by atoms with Crippen LogP contribution in [0.25, 0.3) is 0 Å². The van der Waals surface area contributed by atoms with E-state index < -0.39 is 10.0 Å². The number of ether oxygens (including phenoxy) is 1. The number of hydrogen-bond donors (Lipinski definition) is 1. The number of nitrogens with zero attached hydrogens (tertiary/aromatic N) is 1. The van der Waals surface area contributed by atoms with Crippen LogP contribution in [-0.2, 0) is 21.4 Å². The van der Waals surface area contributed by atoms with E-state index in [0.29, 0.717) is 36.8 Å². The van der Waals surface area contributed by atoms with Gasteiger partial charge in [-0.2, -0.15) is 4.31 Å². The number of aliphatic hydroxyl groups excluding tert-OH is 1. The Labute approximate surface area is 113 Å². The number of hydrogen-bond acceptors (Lipinski definition) is 5. The zero-order valence-corrected chi connectivity index (χ0v) is 12.2. The monoisotopic (exact) mass is 289 g/mol. The fourth-order valence-corrected chi connectivity index (χ4v) is 4.43. The van der Waals surface area contributed by atoms with Crippen LogP contribution < -0.4 is 0 Å².